The maximum Gasteiger partial charge on any atom is 0.416 e. The smallest absolute Gasteiger partial charge is 0.416 e. The average Bonchev–Trinajstić information content (AvgIpc) is 3.36. The van der Waals surface area contributed by atoms with Gasteiger partial charge in [-0.25, -0.2) is 17.4 Å². The highest BCUT2D eigenvalue weighted by molar-refractivity contribution is 7.90. The van der Waals surface area contributed by atoms with Crippen LogP contribution >= 0.6 is 11.3 Å². The van der Waals surface area contributed by atoms with E-state index in [9.17, 15) is 31.5 Å². The van der Waals surface area contributed by atoms with Crippen molar-refractivity contribution < 1.29 is 31.5 Å². The number of halogens is 3. The molecule has 0 radical (unpaired) electrons. The first-order chi connectivity index (χ1) is 15.4. The van der Waals surface area contributed by atoms with Crippen molar-refractivity contribution in [3.8, 4) is 0 Å². The number of alkyl halides is 3. The first-order valence-electron chi connectivity index (χ1n) is 9.60. The second kappa shape index (κ2) is 7.99. The largest absolute Gasteiger partial charge is 0.481 e. The maximum absolute atomic E-state index is 13.8. The lowest BCUT2D eigenvalue weighted by Crippen LogP contribution is -2.24. The van der Waals surface area contributed by atoms with Crippen molar-refractivity contribution >= 4 is 48.4 Å². The Hall–Kier alpha value is -3.18. The predicted molar refractivity (Wildman–Crippen MR) is 120 cm³/mol. The molecule has 0 aliphatic carbocycles. The molecule has 33 heavy (non-hydrogen) atoms. The van der Waals surface area contributed by atoms with E-state index in [1.54, 1.807) is 23.7 Å². The second-order valence-corrected chi connectivity index (χ2v) is 10.2. The second-order valence-electron chi connectivity index (χ2n) is 7.45. The van der Waals surface area contributed by atoms with Gasteiger partial charge < -0.3 is 5.11 Å². The molecule has 2 unspecified atom stereocenters. The SMILES string of the molecule is C=CC(c1ccc2ncsc2c1)S(=O)(=O)n1c(C(C)C(=O)O)cc2cc(C(F)(F)F)ccc21. The Morgan fingerprint density at radius 1 is 1.21 bits per heavy atom. The summed E-state index contributed by atoms with van der Waals surface area (Å²) in [6.45, 7) is 4.92. The van der Waals surface area contributed by atoms with Gasteiger partial charge in [-0.05, 0) is 48.9 Å². The van der Waals surface area contributed by atoms with Crippen molar-refractivity contribution in [3.05, 3.63) is 77.5 Å². The van der Waals surface area contributed by atoms with Crippen LogP contribution in [0, 0.1) is 0 Å². The molecule has 2 aromatic heterocycles. The number of aromatic nitrogens is 2. The van der Waals surface area contributed by atoms with E-state index in [2.05, 4.69) is 11.6 Å². The molecule has 0 saturated carbocycles. The molecule has 0 aliphatic heterocycles. The fraction of sp³-hybridized carbons (Fsp3) is 0.182. The molecule has 4 aromatic rings. The van der Waals surface area contributed by atoms with E-state index in [1.165, 1.54) is 30.4 Å². The first kappa shape index (κ1) is 23.0. The van der Waals surface area contributed by atoms with Crippen molar-refractivity contribution in [2.24, 2.45) is 0 Å². The standard InChI is InChI=1S/C22H17F3N2O4S2/c1-3-20(13-4-6-16-19(10-13)32-11-26-16)33(30,31)27-17-7-5-15(22(23,24)25)8-14(17)9-18(27)12(2)21(28)29/h3-12,20H,1H2,2H3,(H,28,29). The van der Waals surface area contributed by atoms with Crippen LogP contribution < -0.4 is 0 Å². The van der Waals surface area contributed by atoms with Gasteiger partial charge in [0.1, 0.15) is 5.25 Å². The molecule has 2 atom stereocenters. The van der Waals surface area contributed by atoms with Gasteiger partial charge in [-0.2, -0.15) is 13.2 Å². The summed E-state index contributed by atoms with van der Waals surface area (Å²) in [5.74, 6) is -2.61. The van der Waals surface area contributed by atoms with Crippen LogP contribution in [0.2, 0.25) is 0 Å². The Balaban J connectivity index is 1.97. The monoisotopic (exact) mass is 494 g/mol. The maximum atomic E-state index is 13.8. The third-order valence-electron chi connectivity index (χ3n) is 5.40. The van der Waals surface area contributed by atoms with Gasteiger partial charge in [-0.1, -0.05) is 12.1 Å². The highest BCUT2D eigenvalue weighted by Crippen LogP contribution is 2.37. The lowest BCUT2D eigenvalue weighted by molar-refractivity contribution is -0.139. The Labute approximate surface area is 190 Å². The number of fused-ring (bicyclic) bond motifs is 2. The number of carboxylic acid groups (broad SMARTS) is 1. The van der Waals surface area contributed by atoms with E-state index in [0.717, 1.165) is 26.9 Å². The fourth-order valence-corrected chi connectivity index (χ4v) is 6.32. The molecular formula is C22H17F3N2O4S2. The van der Waals surface area contributed by atoms with Crippen LogP contribution in [0.25, 0.3) is 21.1 Å². The minimum atomic E-state index is -4.64. The number of rotatable bonds is 6. The Bertz CT molecular complexity index is 1500. The van der Waals surface area contributed by atoms with E-state index in [-0.39, 0.29) is 16.6 Å². The lowest BCUT2D eigenvalue weighted by Gasteiger charge is -2.20. The summed E-state index contributed by atoms with van der Waals surface area (Å²) >= 11 is 1.32. The molecule has 0 amide bonds. The molecular weight excluding hydrogens is 477 g/mol. The topological polar surface area (TPSA) is 89.3 Å². The third-order valence-corrected chi connectivity index (χ3v) is 8.21. The van der Waals surface area contributed by atoms with Crippen LogP contribution in [-0.4, -0.2) is 28.5 Å². The first-order valence-corrected chi connectivity index (χ1v) is 12.0. The molecule has 2 aromatic carbocycles. The van der Waals surface area contributed by atoms with Crippen LogP contribution in [0.5, 0.6) is 0 Å². The summed E-state index contributed by atoms with van der Waals surface area (Å²) in [6.07, 6.45) is -3.43. The number of aliphatic carboxylic acids is 1. The number of carbonyl (C=O) groups is 1. The summed E-state index contributed by atoms with van der Waals surface area (Å²) in [4.78, 5) is 15.9. The van der Waals surface area contributed by atoms with Gasteiger partial charge in [-0.3, -0.25) is 4.79 Å². The zero-order valence-electron chi connectivity index (χ0n) is 17.1. The number of benzene rings is 2. The van der Waals surface area contributed by atoms with Crippen molar-refractivity contribution in [3.63, 3.8) is 0 Å². The van der Waals surface area contributed by atoms with Crippen molar-refractivity contribution in [2.75, 3.05) is 0 Å². The molecule has 0 spiro atoms. The summed E-state index contributed by atoms with van der Waals surface area (Å²) in [5.41, 5.74) is 1.53. The highest BCUT2D eigenvalue weighted by atomic mass is 32.2. The number of nitrogens with zero attached hydrogens (tertiary/aromatic N) is 2. The molecule has 6 nitrogen and oxygen atoms in total. The number of carboxylic acids is 1. The average molecular weight is 495 g/mol. The lowest BCUT2D eigenvalue weighted by atomic mass is 10.1. The van der Waals surface area contributed by atoms with Crippen molar-refractivity contribution in [1.82, 2.24) is 8.96 Å². The molecule has 11 heteroatoms. The molecule has 0 saturated heterocycles. The minimum absolute atomic E-state index is 0.0304. The molecule has 0 aliphatic rings. The predicted octanol–water partition coefficient (Wildman–Crippen LogP) is 5.56. The molecule has 2 heterocycles. The normalized spacial score (nSPS) is 14.4. The van der Waals surface area contributed by atoms with Gasteiger partial charge in [0.05, 0.1) is 32.7 Å². The van der Waals surface area contributed by atoms with Crippen LogP contribution in [0.3, 0.4) is 0 Å². The van der Waals surface area contributed by atoms with Crippen LogP contribution in [0.1, 0.15) is 34.9 Å². The molecule has 172 valence electrons. The summed E-state index contributed by atoms with van der Waals surface area (Å²) in [7, 11) is -4.36. The van der Waals surface area contributed by atoms with E-state index < -0.39 is 38.9 Å². The van der Waals surface area contributed by atoms with Gasteiger partial charge >= 0.3 is 12.1 Å². The van der Waals surface area contributed by atoms with Crippen LogP contribution in [0.4, 0.5) is 13.2 Å². The Morgan fingerprint density at radius 2 is 1.94 bits per heavy atom. The van der Waals surface area contributed by atoms with E-state index in [4.69, 9.17) is 0 Å². The molecule has 0 fully saturated rings. The minimum Gasteiger partial charge on any atom is -0.481 e. The van der Waals surface area contributed by atoms with Gasteiger partial charge in [0, 0.05) is 11.1 Å². The number of thiazole rings is 1. The van der Waals surface area contributed by atoms with Crippen molar-refractivity contribution in [2.45, 2.75) is 24.3 Å². The van der Waals surface area contributed by atoms with Gasteiger partial charge in [0.25, 0.3) is 0 Å². The zero-order chi connectivity index (χ0) is 24.1. The van der Waals surface area contributed by atoms with E-state index in [0.29, 0.717) is 11.1 Å². The summed E-state index contributed by atoms with van der Waals surface area (Å²) in [5, 5.41) is 8.22. The summed E-state index contributed by atoms with van der Waals surface area (Å²) < 4.78 is 68.8. The van der Waals surface area contributed by atoms with Gasteiger partial charge in [0.2, 0.25) is 10.0 Å². The molecule has 4 rings (SSSR count). The third kappa shape index (κ3) is 3.91. The Kier molecular flexibility index (Phi) is 5.57. The summed E-state index contributed by atoms with van der Waals surface area (Å²) in [6, 6.07) is 8.71. The van der Waals surface area contributed by atoms with Gasteiger partial charge in [-0.15, -0.1) is 17.9 Å². The number of hydrogen-bond donors (Lipinski definition) is 1. The molecule has 0 bridgehead atoms. The van der Waals surface area contributed by atoms with Crippen LogP contribution in [-0.2, 0) is 21.0 Å². The van der Waals surface area contributed by atoms with E-state index >= 15 is 0 Å². The quantitative estimate of drug-likeness (QED) is 0.355. The zero-order valence-corrected chi connectivity index (χ0v) is 18.7. The van der Waals surface area contributed by atoms with E-state index in [1.807, 2.05) is 0 Å². The fourth-order valence-electron chi connectivity index (χ4n) is 3.69. The Morgan fingerprint density at radius 3 is 2.58 bits per heavy atom. The van der Waals surface area contributed by atoms with Crippen molar-refractivity contribution in [1.29, 1.82) is 0 Å². The van der Waals surface area contributed by atoms with Gasteiger partial charge in [0.15, 0.2) is 0 Å². The highest BCUT2D eigenvalue weighted by Gasteiger charge is 2.35. The van der Waals surface area contributed by atoms with Crippen LogP contribution in [0.15, 0.2) is 60.6 Å². The molecule has 1 N–H and O–H groups in total. The number of hydrogen-bond acceptors (Lipinski definition) is 5.